The first-order valence-electron chi connectivity index (χ1n) is 3.43. The van der Waals surface area contributed by atoms with Crippen LogP contribution in [0.25, 0.3) is 0 Å². The van der Waals surface area contributed by atoms with E-state index in [0.717, 1.165) is 6.07 Å². The van der Waals surface area contributed by atoms with Gasteiger partial charge in [0.15, 0.2) is 11.6 Å². The fourth-order valence-electron chi connectivity index (χ4n) is 0.775. The van der Waals surface area contributed by atoms with Crippen molar-refractivity contribution in [3.8, 4) is 5.75 Å². The molecule has 0 spiro atoms. The fourth-order valence-corrected chi connectivity index (χ4v) is 0.983. The maximum Gasteiger partial charge on any atom is 0.181 e. The van der Waals surface area contributed by atoms with Gasteiger partial charge in [-0.1, -0.05) is 11.6 Å². The molecular weight excluding hydrogens is 186 g/mol. The number of benzene rings is 1. The van der Waals surface area contributed by atoms with Crippen LogP contribution in [0.5, 0.6) is 5.75 Å². The SMILES string of the molecule is CCOc1ccc(F)c(F)c1Cl. The first-order valence-corrected chi connectivity index (χ1v) is 3.81. The Bertz CT molecular complexity index is 289. The van der Waals surface area contributed by atoms with Gasteiger partial charge in [-0.25, -0.2) is 8.78 Å². The van der Waals surface area contributed by atoms with Crippen molar-refractivity contribution >= 4 is 11.6 Å². The molecule has 1 aromatic rings. The lowest BCUT2D eigenvalue weighted by Gasteiger charge is -2.05. The summed E-state index contributed by atoms with van der Waals surface area (Å²) in [5.74, 6) is -1.87. The molecule has 0 N–H and O–H groups in total. The number of ether oxygens (including phenoxy) is 1. The largest absolute Gasteiger partial charge is 0.492 e. The van der Waals surface area contributed by atoms with E-state index in [9.17, 15) is 8.78 Å². The summed E-state index contributed by atoms with van der Waals surface area (Å²) in [5, 5.41) is -0.308. The average molecular weight is 193 g/mol. The molecule has 0 aliphatic rings. The van der Waals surface area contributed by atoms with Crippen LogP contribution in [0.1, 0.15) is 6.92 Å². The van der Waals surface area contributed by atoms with Crippen LogP contribution in [-0.4, -0.2) is 6.61 Å². The molecule has 0 unspecified atom stereocenters. The first kappa shape index (κ1) is 9.26. The standard InChI is InChI=1S/C8H7ClF2O/c1-2-12-6-4-3-5(10)8(11)7(6)9/h3-4H,2H2,1H3. The highest BCUT2D eigenvalue weighted by Crippen LogP contribution is 2.28. The van der Waals surface area contributed by atoms with Crippen LogP contribution < -0.4 is 4.74 Å². The van der Waals surface area contributed by atoms with Crippen molar-refractivity contribution in [2.45, 2.75) is 6.92 Å². The molecule has 0 atom stereocenters. The summed E-state index contributed by atoms with van der Waals surface area (Å²) in [6.07, 6.45) is 0. The Balaban J connectivity index is 3.08. The van der Waals surface area contributed by atoms with Gasteiger partial charge in [0.2, 0.25) is 0 Å². The molecule has 0 aromatic heterocycles. The Morgan fingerprint density at radius 3 is 2.67 bits per heavy atom. The summed E-state index contributed by atoms with van der Waals surface area (Å²) in [5.41, 5.74) is 0. The van der Waals surface area contributed by atoms with Crippen molar-refractivity contribution < 1.29 is 13.5 Å². The number of halogens is 3. The molecule has 0 saturated carbocycles. The Labute approximate surface area is 73.9 Å². The van der Waals surface area contributed by atoms with E-state index < -0.39 is 11.6 Å². The Hall–Kier alpha value is -0.830. The predicted molar refractivity (Wildman–Crippen MR) is 42.5 cm³/mol. The van der Waals surface area contributed by atoms with Crippen molar-refractivity contribution in [2.24, 2.45) is 0 Å². The molecule has 66 valence electrons. The molecule has 0 radical (unpaired) electrons. The maximum atomic E-state index is 12.7. The maximum absolute atomic E-state index is 12.7. The van der Waals surface area contributed by atoms with Gasteiger partial charge in [0.1, 0.15) is 10.8 Å². The van der Waals surface area contributed by atoms with Gasteiger partial charge in [-0.2, -0.15) is 0 Å². The normalized spacial score (nSPS) is 10.0. The molecule has 1 aromatic carbocycles. The van der Waals surface area contributed by atoms with Crippen LogP contribution in [0.15, 0.2) is 12.1 Å². The molecule has 0 bridgehead atoms. The van der Waals surface area contributed by atoms with Crippen LogP contribution in [0, 0.1) is 11.6 Å². The quantitative estimate of drug-likeness (QED) is 0.655. The molecule has 0 saturated heterocycles. The zero-order valence-electron chi connectivity index (χ0n) is 6.40. The smallest absolute Gasteiger partial charge is 0.181 e. The molecule has 0 amide bonds. The Morgan fingerprint density at radius 1 is 1.42 bits per heavy atom. The van der Waals surface area contributed by atoms with Crippen LogP contribution in [0.3, 0.4) is 0 Å². The Kier molecular flexibility index (Phi) is 2.87. The number of hydrogen-bond acceptors (Lipinski definition) is 1. The fraction of sp³-hybridized carbons (Fsp3) is 0.250. The van der Waals surface area contributed by atoms with E-state index >= 15 is 0 Å². The minimum absolute atomic E-state index is 0.165. The predicted octanol–water partition coefficient (Wildman–Crippen LogP) is 3.02. The van der Waals surface area contributed by atoms with E-state index in [1.54, 1.807) is 6.92 Å². The highest BCUT2D eigenvalue weighted by Gasteiger charge is 2.11. The summed E-state index contributed by atoms with van der Waals surface area (Å²) >= 11 is 5.44. The molecule has 1 nitrogen and oxygen atoms in total. The second kappa shape index (κ2) is 3.72. The Morgan fingerprint density at radius 2 is 2.08 bits per heavy atom. The van der Waals surface area contributed by atoms with Gasteiger partial charge >= 0.3 is 0 Å². The van der Waals surface area contributed by atoms with Crippen molar-refractivity contribution in [1.82, 2.24) is 0 Å². The second-order valence-electron chi connectivity index (χ2n) is 2.11. The van der Waals surface area contributed by atoms with Crippen molar-refractivity contribution in [2.75, 3.05) is 6.61 Å². The van der Waals surface area contributed by atoms with Crippen LogP contribution >= 0.6 is 11.6 Å². The topological polar surface area (TPSA) is 9.23 Å². The van der Waals surface area contributed by atoms with Gasteiger partial charge < -0.3 is 4.74 Å². The van der Waals surface area contributed by atoms with Gasteiger partial charge in [-0.05, 0) is 19.1 Å². The van der Waals surface area contributed by atoms with Crippen LogP contribution in [-0.2, 0) is 0 Å². The molecule has 12 heavy (non-hydrogen) atoms. The van der Waals surface area contributed by atoms with E-state index in [1.807, 2.05) is 0 Å². The number of hydrogen-bond donors (Lipinski definition) is 0. The summed E-state index contributed by atoms with van der Waals surface area (Å²) < 4.78 is 30.1. The van der Waals surface area contributed by atoms with Crippen LogP contribution in [0.2, 0.25) is 5.02 Å². The lowest BCUT2D eigenvalue weighted by Crippen LogP contribution is -1.95. The minimum atomic E-state index is -1.07. The molecular formula is C8H7ClF2O. The third-order valence-electron chi connectivity index (χ3n) is 1.30. The van der Waals surface area contributed by atoms with Gasteiger partial charge in [-0.15, -0.1) is 0 Å². The summed E-state index contributed by atoms with van der Waals surface area (Å²) in [6, 6.07) is 2.27. The lowest BCUT2D eigenvalue weighted by atomic mass is 10.3. The van der Waals surface area contributed by atoms with Crippen LogP contribution in [0.4, 0.5) is 8.78 Å². The van der Waals surface area contributed by atoms with Gasteiger partial charge in [-0.3, -0.25) is 0 Å². The van der Waals surface area contributed by atoms with Crippen molar-refractivity contribution in [1.29, 1.82) is 0 Å². The number of rotatable bonds is 2. The van der Waals surface area contributed by atoms with Crippen molar-refractivity contribution in [3.63, 3.8) is 0 Å². The highest BCUT2D eigenvalue weighted by atomic mass is 35.5. The lowest BCUT2D eigenvalue weighted by molar-refractivity contribution is 0.336. The summed E-state index contributed by atoms with van der Waals surface area (Å²) in [7, 11) is 0. The van der Waals surface area contributed by atoms with E-state index in [2.05, 4.69) is 0 Å². The summed E-state index contributed by atoms with van der Waals surface area (Å²) in [6.45, 7) is 2.10. The monoisotopic (exact) mass is 192 g/mol. The molecule has 0 aliphatic carbocycles. The van der Waals surface area contributed by atoms with Gasteiger partial charge in [0, 0.05) is 0 Å². The minimum Gasteiger partial charge on any atom is -0.492 e. The molecule has 0 aliphatic heterocycles. The third-order valence-corrected chi connectivity index (χ3v) is 1.65. The first-order chi connectivity index (χ1) is 5.66. The zero-order chi connectivity index (χ0) is 9.14. The van der Waals surface area contributed by atoms with E-state index in [0.29, 0.717) is 6.61 Å². The summed E-state index contributed by atoms with van der Waals surface area (Å²) in [4.78, 5) is 0. The molecule has 1 rings (SSSR count). The van der Waals surface area contributed by atoms with E-state index in [-0.39, 0.29) is 10.8 Å². The molecule has 4 heteroatoms. The van der Waals surface area contributed by atoms with Gasteiger partial charge in [0.05, 0.1) is 6.61 Å². The molecule has 0 fully saturated rings. The third kappa shape index (κ3) is 1.67. The molecule has 0 heterocycles. The highest BCUT2D eigenvalue weighted by molar-refractivity contribution is 6.32. The van der Waals surface area contributed by atoms with Gasteiger partial charge in [0.25, 0.3) is 0 Å². The average Bonchev–Trinajstić information content (AvgIpc) is 2.07. The van der Waals surface area contributed by atoms with E-state index in [4.69, 9.17) is 16.3 Å². The zero-order valence-corrected chi connectivity index (χ0v) is 7.16. The van der Waals surface area contributed by atoms with Crippen molar-refractivity contribution in [3.05, 3.63) is 28.8 Å². The van der Waals surface area contributed by atoms with E-state index in [1.165, 1.54) is 6.07 Å². The second-order valence-corrected chi connectivity index (χ2v) is 2.48.